The van der Waals surface area contributed by atoms with Crippen LogP contribution < -0.4 is 0 Å². The molecular weight excluding hydrogens is 361 g/mol. The number of nitriles is 1. The second kappa shape index (κ2) is 9.30. The molecule has 0 N–H and O–H groups in total. The van der Waals surface area contributed by atoms with Crippen LogP contribution in [0.2, 0.25) is 0 Å². The first-order valence-corrected chi connectivity index (χ1v) is 10.1. The molecule has 134 valence electrons. The average Bonchev–Trinajstić information content (AvgIpc) is 2.49. The van der Waals surface area contributed by atoms with Crippen LogP contribution in [0, 0.1) is 11.3 Å². The summed E-state index contributed by atoms with van der Waals surface area (Å²) in [6, 6.07) is 6.04. The van der Waals surface area contributed by atoms with Crippen molar-refractivity contribution < 1.29 is 21.6 Å². The fraction of sp³-hybridized carbons (Fsp3) is 0.533. The van der Waals surface area contributed by atoms with Crippen LogP contribution in [0.4, 0.5) is 13.2 Å². The van der Waals surface area contributed by atoms with Crippen molar-refractivity contribution >= 4 is 21.8 Å². The molecule has 0 aromatic heterocycles. The molecule has 24 heavy (non-hydrogen) atoms. The molecule has 0 aliphatic carbocycles. The first-order valence-electron chi connectivity index (χ1n) is 7.29. The fourth-order valence-corrected chi connectivity index (χ4v) is 4.09. The van der Waals surface area contributed by atoms with Gasteiger partial charge in [0.2, 0.25) is 10.0 Å². The lowest BCUT2D eigenvalue weighted by atomic mass is 10.1. The summed E-state index contributed by atoms with van der Waals surface area (Å²) in [7, 11) is -3.85. The normalized spacial score (nSPS) is 12.3. The first kappa shape index (κ1) is 20.8. The molecule has 0 spiro atoms. The average molecular weight is 380 g/mol. The van der Waals surface area contributed by atoms with Crippen molar-refractivity contribution in [2.75, 3.05) is 24.6 Å². The van der Waals surface area contributed by atoms with Gasteiger partial charge in [-0.05, 0) is 29.6 Å². The molecule has 0 aliphatic rings. The first-order chi connectivity index (χ1) is 11.2. The van der Waals surface area contributed by atoms with Gasteiger partial charge in [0, 0.05) is 6.54 Å². The van der Waals surface area contributed by atoms with Crippen LogP contribution in [-0.4, -0.2) is 37.3 Å². The van der Waals surface area contributed by atoms with Gasteiger partial charge in [0.15, 0.2) is 0 Å². The Hall–Kier alpha value is -1.24. The summed E-state index contributed by atoms with van der Waals surface area (Å²) >= 11 is 1.66. The van der Waals surface area contributed by atoms with Crippen molar-refractivity contribution in [1.29, 1.82) is 5.26 Å². The van der Waals surface area contributed by atoms with E-state index in [1.165, 1.54) is 12.1 Å². The zero-order chi connectivity index (χ0) is 18.2. The minimum atomic E-state index is -4.52. The van der Waals surface area contributed by atoms with Gasteiger partial charge in [0.1, 0.15) is 6.54 Å². The van der Waals surface area contributed by atoms with Gasteiger partial charge in [-0.25, -0.2) is 8.42 Å². The number of halogens is 3. The molecule has 1 rings (SSSR count). The lowest BCUT2D eigenvalue weighted by molar-refractivity contribution is -0.137. The third-order valence-electron chi connectivity index (χ3n) is 3.14. The molecule has 0 radical (unpaired) electrons. The van der Waals surface area contributed by atoms with Crippen LogP contribution in [0.3, 0.4) is 0 Å². The van der Waals surface area contributed by atoms with Crippen molar-refractivity contribution in [3.05, 3.63) is 35.4 Å². The van der Waals surface area contributed by atoms with Gasteiger partial charge >= 0.3 is 6.18 Å². The highest BCUT2D eigenvalue weighted by Crippen LogP contribution is 2.30. The molecule has 0 amide bonds. The number of benzene rings is 1. The van der Waals surface area contributed by atoms with Crippen LogP contribution in [-0.2, 0) is 22.0 Å². The summed E-state index contributed by atoms with van der Waals surface area (Å²) in [6.07, 6.45) is -3.94. The Labute approximate surface area is 144 Å². The van der Waals surface area contributed by atoms with E-state index in [4.69, 9.17) is 5.26 Å². The van der Waals surface area contributed by atoms with Crippen molar-refractivity contribution in [1.82, 2.24) is 4.31 Å². The maximum atomic E-state index is 12.7. The van der Waals surface area contributed by atoms with E-state index in [2.05, 4.69) is 0 Å². The lowest BCUT2D eigenvalue weighted by Crippen LogP contribution is -2.33. The lowest BCUT2D eigenvalue weighted by Gasteiger charge is -2.19. The number of thioether (sulfide) groups is 1. The quantitative estimate of drug-likeness (QED) is 0.486. The van der Waals surface area contributed by atoms with Gasteiger partial charge in [-0.2, -0.15) is 34.5 Å². The molecule has 4 nitrogen and oxygen atoms in total. The van der Waals surface area contributed by atoms with Gasteiger partial charge in [-0.3, -0.25) is 0 Å². The minimum Gasteiger partial charge on any atom is -0.212 e. The molecule has 1 aromatic rings. The van der Waals surface area contributed by atoms with Crippen LogP contribution in [0.1, 0.15) is 24.5 Å². The van der Waals surface area contributed by atoms with Crippen molar-refractivity contribution in [3.63, 3.8) is 0 Å². The minimum absolute atomic E-state index is 0.0516. The zero-order valence-electron chi connectivity index (χ0n) is 13.2. The maximum Gasteiger partial charge on any atom is 0.416 e. The molecule has 0 bridgehead atoms. The highest BCUT2D eigenvalue weighted by molar-refractivity contribution is 7.99. The summed E-state index contributed by atoms with van der Waals surface area (Å²) in [5.41, 5.74) is -0.836. The highest BCUT2D eigenvalue weighted by atomic mass is 32.2. The van der Waals surface area contributed by atoms with Crippen molar-refractivity contribution in [2.24, 2.45) is 0 Å². The van der Waals surface area contributed by atoms with E-state index in [0.717, 1.165) is 27.9 Å². The second-order valence-electron chi connectivity index (χ2n) is 5.00. The SMILES string of the molecule is CCSCCCN(CC#N)S(=O)(=O)Cc1cccc(C(F)(F)F)c1. The van der Waals surface area contributed by atoms with E-state index < -0.39 is 27.5 Å². The van der Waals surface area contributed by atoms with Gasteiger partial charge < -0.3 is 0 Å². The Morgan fingerprint density at radius 1 is 1.33 bits per heavy atom. The number of alkyl halides is 3. The fourth-order valence-electron chi connectivity index (χ4n) is 2.02. The molecule has 0 atom stereocenters. The predicted octanol–water partition coefficient (Wildman–Crippen LogP) is 3.50. The molecule has 0 heterocycles. The Kier molecular flexibility index (Phi) is 8.06. The summed E-state index contributed by atoms with van der Waals surface area (Å²) in [6.45, 7) is 1.86. The third kappa shape index (κ3) is 6.71. The topological polar surface area (TPSA) is 61.2 Å². The molecule has 0 fully saturated rings. The van der Waals surface area contributed by atoms with Crippen molar-refractivity contribution in [3.8, 4) is 6.07 Å². The van der Waals surface area contributed by atoms with E-state index >= 15 is 0 Å². The highest BCUT2D eigenvalue weighted by Gasteiger charge is 2.31. The molecule has 0 saturated heterocycles. The molecule has 0 saturated carbocycles. The van der Waals surface area contributed by atoms with Crippen LogP contribution in [0.15, 0.2) is 24.3 Å². The smallest absolute Gasteiger partial charge is 0.212 e. The number of hydrogen-bond acceptors (Lipinski definition) is 4. The predicted molar refractivity (Wildman–Crippen MR) is 88.9 cm³/mol. The maximum absolute atomic E-state index is 12.7. The van der Waals surface area contributed by atoms with Crippen LogP contribution in [0.25, 0.3) is 0 Å². The van der Waals surface area contributed by atoms with Crippen LogP contribution in [0.5, 0.6) is 0 Å². The Balaban J connectivity index is 2.87. The summed E-state index contributed by atoms with van der Waals surface area (Å²) in [5.74, 6) is 1.12. The molecular formula is C15H19F3N2O2S2. The van der Waals surface area contributed by atoms with Crippen molar-refractivity contribution in [2.45, 2.75) is 25.3 Å². The van der Waals surface area contributed by atoms with E-state index in [0.29, 0.717) is 6.42 Å². The molecule has 0 unspecified atom stereocenters. The second-order valence-corrected chi connectivity index (χ2v) is 8.36. The monoisotopic (exact) mass is 380 g/mol. The van der Waals surface area contributed by atoms with E-state index in [1.54, 1.807) is 17.8 Å². The number of rotatable bonds is 9. The van der Waals surface area contributed by atoms with E-state index in [9.17, 15) is 21.6 Å². The van der Waals surface area contributed by atoms with Gasteiger partial charge in [-0.15, -0.1) is 0 Å². The Morgan fingerprint density at radius 2 is 2.04 bits per heavy atom. The largest absolute Gasteiger partial charge is 0.416 e. The van der Waals surface area contributed by atoms with E-state index in [1.807, 2.05) is 6.92 Å². The van der Waals surface area contributed by atoms with Gasteiger partial charge in [0.05, 0.1) is 17.4 Å². The number of hydrogen-bond donors (Lipinski definition) is 0. The number of sulfonamides is 1. The third-order valence-corrected chi connectivity index (χ3v) is 5.93. The Bertz CT molecular complexity index is 670. The summed E-state index contributed by atoms with van der Waals surface area (Å²) < 4.78 is 64.0. The Morgan fingerprint density at radius 3 is 2.62 bits per heavy atom. The summed E-state index contributed by atoms with van der Waals surface area (Å²) in [5, 5.41) is 8.81. The van der Waals surface area contributed by atoms with Gasteiger partial charge in [-0.1, -0.05) is 25.1 Å². The molecule has 9 heteroatoms. The zero-order valence-corrected chi connectivity index (χ0v) is 14.8. The number of nitrogens with zero attached hydrogens (tertiary/aromatic N) is 2. The molecule has 0 aliphatic heterocycles. The molecule has 1 aromatic carbocycles. The standard InChI is InChI=1S/C15H19F3N2O2S2/c1-2-23-10-4-8-20(9-7-19)24(21,22)12-13-5-3-6-14(11-13)15(16,17)18/h3,5-6,11H,2,4,8-10,12H2,1H3. The van der Waals surface area contributed by atoms with Gasteiger partial charge in [0.25, 0.3) is 0 Å². The summed E-state index contributed by atoms with van der Waals surface area (Å²) in [4.78, 5) is 0. The van der Waals surface area contributed by atoms with E-state index in [-0.39, 0.29) is 18.7 Å². The van der Waals surface area contributed by atoms with Crippen LogP contribution >= 0.6 is 11.8 Å².